The molecule has 0 aliphatic carbocycles. The van der Waals surface area contributed by atoms with Crippen molar-refractivity contribution in [1.29, 1.82) is 0 Å². The lowest BCUT2D eigenvalue weighted by atomic mass is 10.2. The Morgan fingerprint density at radius 3 is 2.39 bits per heavy atom. The van der Waals surface area contributed by atoms with E-state index in [1.54, 1.807) is 24.3 Å². The fourth-order valence-electron chi connectivity index (χ4n) is 1.22. The maximum Gasteiger partial charge on any atom is 0.328 e. The number of hydrogen-bond acceptors (Lipinski definition) is 3. The van der Waals surface area contributed by atoms with Crippen LogP contribution in [0.15, 0.2) is 30.3 Å². The van der Waals surface area contributed by atoms with Crippen LogP contribution in [0.4, 0.5) is 0 Å². The average molecular weight is 247 g/mol. The van der Waals surface area contributed by atoms with E-state index in [-0.39, 0.29) is 0 Å². The number of carbonyl (C=O) groups is 2. The highest BCUT2D eigenvalue weighted by atomic mass is 16.4. The van der Waals surface area contributed by atoms with Crippen LogP contribution in [0.3, 0.4) is 0 Å². The topological polar surface area (TPSA) is 86.6 Å². The summed E-state index contributed by atoms with van der Waals surface area (Å²) < 4.78 is 0. The Morgan fingerprint density at radius 1 is 1.28 bits per heavy atom. The van der Waals surface area contributed by atoms with E-state index in [0.717, 1.165) is 0 Å². The summed E-state index contributed by atoms with van der Waals surface area (Å²) in [4.78, 5) is 22.1. The van der Waals surface area contributed by atoms with Crippen LogP contribution < -0.4 is 5.32 Å². The standard InChI is InChI=1S/C13H13NO4/c1-9(15)12(13(17)18)14-11(16)8-7-10-5-3-2-4-6-10/h2-6,9,12,15H,1H3,(H,14,16)(H,17,18)/t9-,12+/m1/s1. The van der Waals surface area contributed by atoms with Crippen LogP contribution in [-0.2, 0) is 9.59 Å². The summed E-state index contributed by atoms with van der Waals surface area (Å²) in [7, 11) is 0. The van der Waals surface area contributed by atoms with Gasteiger partial charge in [-0.2, -0.15) is 0 Å². The molecule has 1 aromatic rings. The number of aliphatic carboxylic acids is 1. The third kappa shape index (κ3) is 4.28. The average Bonchev–Trinajstić information content (AvgIpc) is 2.34. The minimum absolute atomic E-state index is 0.650. The van der Waals surface area contributed by atoms with E-state index in [2.05, 4.69) is 17.2 Å². The molecule has 0 aliphatic heterocycles. The van der Waals surface area contributed by atoms with E-state index < -0.39 is 24.0 Å². The van der Waals surface area contributed by atoms with Gasteiger partial charge in [-0.05, 0) is 19.1 Å². The van der Waals surface area contributed by atoms with E-state index in [9.17, 15) is 14.7 Å². The van der Waals surface area contributed by atoms with Crippen molar-refractivity contribution in [2.45, 2.75) is 19.1 Å². The third-order valence-electron chi connectivity index (χ3n) is 2.13. The summed E-state index contributed by atoms with van der Waals surface area (Å²) in [6.45, 7) is 1.28. The largest absolute Gasteiger partial charge is 0.480 e. The molecule has 3 N–H and O–H groups in total. The quantitative estimate of drug-likeness (QED) is 0.656. The minimum Gasteiger partial charge on any atom is -0.480 e. The van der Waals surface area contributed by atoms with Crippen LogP contribution in [0.25, 0.3) is 0 Å². The zero-order valence-corrected chi connectivity index (χ0v) is 9.75. The molecule has 5 heteroatoms. The number of nitrogens with one attached hydrogen (secondary N) is 1. The van der Waals surface area contributed by atoms with Crippen molar-refractivity contribution in [2.24, 2.45) is 0 Å². The summed E-state index contributed by atoms with van der Waals surface area (Å²) >= 11 is 0. The Balaban J connectivity index is 2.67. The Labute approximate surface area is 104 Å². The molecule has 0 bridgehead atoms. The van der Waals surface area contributed by atoms with Crippen molar-refractivity contribution in [2.75, 3.05) is 0 Å². The normalized spacial score (nSPS) is 12.8. The number of benzene rings is 1. The number of hydrogen-bond donors (Lipinski definition) is 3. The lowest BCUT2D eigenvalue weighted by molar-refractivity contribution is -0.144. The highest BCUT2D eigenvalue weighted by Crippen LogP contribution is 1.95. The SMILES string of the molecule is C[C@@H](O)[C@H](NC(=O)C#Cc1ccccc1)C(=O)O. The second kappa shape index (κ2) is 6.42. The van der Waals surface area contributed by atoms with E-state index in [0.29, 0.717) is 5.56 Å². The number of amides is 1. The van der Waals surface area contributed by atoms with Gasteiger partial charge < -0.3 is 15.5 Å². The number of carboxylic acid groups (broad SMARTS) is 1. The van der Waals surface area contributed by atoms with Crippen molar-refractivity contribution < 1.29 is 19.8 Å². The summed E-state index contributed by atoms with van der Waals surface area (Å²) in [5, 5.41) is 20.1. The van der Waals surface area contributed by atoms with Gasteiger partial charge in [0.05, 0.1) is 6.10 Å². The zero-order chi connectivity index (χ0) is 13.5. The molecule has 18 heavy (non-hydrogen) atoms. The van der Waals surface area contributed by atoms with Crippen molar-refractivity contribution in [3.63, 3.8) is 0 Å². The van der Waals surface area contributed by atoms with Gasteiger partial charge in [-0.1, -0.05) is 24.1 Å². The van der Waals surface area contributed by atoms with E-state index >= 15 is 0 Å². The van der Waals surface area contributed by atoms with Gasteiger partial charge in [0.2, 0.25) is 0 Å². The highest BCUT2D eigenvalue weighted by Gasteiger charge is 2.24. The van der Waals surface area contributed by atoms with Crippen molar-refractivity contribution in [3.05, 3.63) is 35.9 Å². The van der Waals surface area contributed by atoms with Crippen LogP contribution in [-0.4, -0.2) is 34.2 Å². The minimum atomic E-state index is -1.36. The molecule has 0 heterocycles. The van der Waals surface area contributed by atoms with Crippen LogP contribution in [0.1, 0.15) is 12.5 Å². The Kier molecular flexibility index (Phi) is 4.90. The molecule has 94 valence electrons. The van der Waals surface area contributed by atoms with E-state index in [1.807, 2.05) is 6.07 Å². The van der Waals surface area contributed by atoms with Gasteiger partial charge in [0, 0.05) is 11.5 Å². The monoisotopic (exact) mass is 247 g/mol. The molecule has 0 aliphatic rings. The number of carboxylic acids is 1. The molecule has 0 radical (unpaired) electrons. The van der Waals surface area contributed by atoms with Crippen LogP contribution >= 0.6 is 0 Å². The molecule has 0 saturated heterocycles. The Hall–Kier alpha value is -2.32. The highest BCUT2D eigenvalue weighted by molar-refractivity contribution is 5.96. The lowest BCUT2D eigenvalue weighted by Gasteiger charge is -2.14. The molecule has 0 aromatic heterocycles. The first-order chi connectivity index (χ1) is 8.50. The fraction of sp³-hybridized carbons (Fsp3) is 0.231. The van der Waals surface area contributed by atoms with Crippen LogP contribution in [0, 0.1) is 11.8 Å². The predicted molar refractivity (Wildman–Crippen MR) is 64.6 cm³/mol. The molecular weight excluding hydrogens is 234 g/mol. The Bertz CT molecular complexity index is 485. The predicted octanol–water partition coefficient (Wildman–Crippen LogP) is -0.0117. The number of carbonyl (C=O) groups excluding carboxylic acids is 1. The molecular formula is C13H13NO4. The van der Waals surface area contributed by atoms with Gasteiger partial charge in [-0.25, -0.2) is 4.79 Å². The van der Waals surface area contributed by atoms with Gasteiger partial charge in [0.25, 0.3) is 5.91 Å². The van der Waals surface area contributed by atoms with E-state index in [1.165, 1.54) is 6.92 Å². The summed E-state index contributed by atoms with van der Waals surface area (Å²) in [5.41, 5.74) is 0.650. The smallest absolute Gasteiger partial charge is 0.328 e. The van der Waals surface area contributed by atoms with Crippen molar-refractivity contribution >= 4 is 11.9 Å². The number of rotatable bonds is 3. The molecule has 1 amide bonds. The first kappa shape index (κ1) is 13.7. The summed E-state index contributed by atoms with van der Waals surface area (Å²) in [6.07, 6.45) is -1.19. The molecule has 1 aromatic carbocycles. The molecule has 0 unspecified atom stereocenters. The van der Waals surface area contributed by atoms with E-state index in [4.69, 9.17) is 5.11 Å². The second-order valence-corrected chi connectivity index (χ2v) is 3.65. The molecule has 0 fully saturated rings. The second-order valence-electron chi connectivity index (χ2n) is 3.65. The maximum absolute atomic E-state index is 11.4. The lowest BCUT2D eigenvalue weighted by Crippen LogP contribution is -2.47. The first-order valence-electron chi connectivity index (χ1n) is 5.29. The van der Waals surface area contributed by atoms with Crippen LogP contribution in [0.2, 0.25) is 0 Å². The number of aliphatic hydroxyl groups excluding tert-OH is 1. The van der Waals surface area contributed by atoms with Gasteiger partial charge in [-0.15, -0.1) is 0 Å². The van der Waals surface area contributed by atoms with Gasteiger partial charge in [-0.3, -0.25) is 4.79 Å². The molecule has 5 nitrogen and oxygen atoms in total. The van der Waals surface area contributed by atoms with Crippen LogP contribution in [0.5, 0.6) is 0 Å². The first-order valence-corrected chi connectivity index (χ1v) is 5.29. The Morgan fingerprint density at radius 2 is 1.89 bits per heavy atom. The molecule has 0 spiro atoms. The van der Waals surface area contributed by atoms with Crippen molar-refractivity contribution in [3.8, 4) is 11.8 Å². The summed E-state index contributed by atoms with van der Waals surface area (Å²) in [5.74, 6) is 2.81. The molecule has 0 saturated carbocycles. The molecule has 1 rings (SSSR count). The van der Waals surface area contributed by atoms with Gasteiger partial charge >= 0.3 is 5.97 Å². The number of aliphatic hydroxyl groups is 1. The molecule has 2 atom stereocenters. The van der Waals surface area contributed by atoms with Crippen molar-refractivity contribution in [1.82, 2.24) is 5.32 Å². The maximum atomic E-state index is 11.4. The third-order valence-corrected chi connectivity index (χ3v) is 2.13. The van der Waals surface area contributed by atoms with Gasteiger partial charge in [0.1, 0.15) is 0 Å². The fourth-order valence-corrected chi connectivity index (χ4v) is 1.22. The van der Waals surface area contributed by atoms with Gasteiger partial charge in [0.15, 0.2) is 6.04 Å². The summed E-state index contributed by atoms with van der Waals surface area (Å²) in [6, 6.07) is 7.46. The zero-order valence-electron chi connectivity index (χ0n) is 9.75.